The Kier molecular flexibility index (Phi) is 7.29. The van der Waals surface area contributed by atoms with Gasteiger partial charge in [-0.05, 0) is 49.0 Å². The molecule has 2 N–H and O–H groups in total. The van der Waals surface area contributed by atoms with Crippen LogP contribution in [-0.2, 0) is 6.54 Å². The maximum atomic E-state index is 11.9. The first-order valence-electron chi connectivity index (χ1n) is 7.27. The van der Waals surface area contributed by atoms with Crippen LogP contribution in [0.5, 0.6) is 5.75 Å². The van der Waals surface area contributed by atoms with E-state index in [2.05, 4.69) is 15.1 Å². The molecule has 0 amide bonds. The normalized spacial score (nSPS) is 11.7. The van der Waals surface area contributed by atoms with E-state index in [1.165, 1.54) is 0 Å². The van der Waals surface area contributed by atoms with Crippen LogP contribution in [0.4, 0.5) is 13.2 Å². The Bertz CT molecular complexity index is 619. The third-order valence-electron chi connectivity index (χ3n) is 2.99. The second-order valence-electron chi connectivity index (χ2n) is 4.96. The Morgan fingerprint density at radius 1 is 1.21 bits per heavy atom. The first-order chi connectivity index (χ1) is 11.5. The van der Waals surface area contributed by atoms with Crippen molar-refractivity contribution in [3.8, 4) is 16.3 Å². The van der Waals surface area contributed by atoms with E-state index in [1.54, 1.807) is 17.5 Å². The maximum absolute atomic E-state index is 11.9. The maximum Gasteiger partial charge on any atom is 0.401 e. The van der Waals surface area contributed by atoms with Gasteiger partial charge in [0.15, 0.2) is 0 Å². The molecule has 0 atom stereocenters. The Hall–Kier alpha value is -1.35. The number of halogens is 4. The van der Waals surface area contributed by atoms with Gasteiger partial charge in [0, 0.05) is 23.2 Å². The number of rotatable bonds is 9. The molecule has 1 heterocycles. The van der Waals surface area contributed by atoms with Gasteiger partial charge in [0.1, 0.15) is 10.8 Å². The number of benzene rings is 1. The van der Waals surface area contributed by atoms with Crippen LogP contribution in [0.3, 0.4) is 0 Å². The lowest BCUT2D eigenvalue weighted by molar-refractivity contribution is -0.124. The molecule has 0 aliphatic rings. The lowest BCUT2D eigenvalue weighted by atomic mass is 10.2. The molecule has 0 spiro atoms. The smallest absolute Gasteiger partial charge is 0.401 e. The highest BCUT2D eigenvalue weighted by molar-refractivity contribution is 7.15. The Balaban J connectivity index is 1.73. The average molecular weight is 380 g/mol. The number of alkyl halides is 3. The summed E-state index contributed by atoms with van der Waals surface area (Å²) in [6, 6.07) is 7.43. The first kappa shape index (κ1) is 19.0. The van der Waals surface area contributed by atoms with E-state index in [0.29, 0.717) is 25.3 Å². The molecule has 0 bridgehead atoms. The molecule has 0 aliphatic heterocycles. The zero-order chi connectivity index (χ0) is 17.4. The predicted octanol–water partition coefficient (Wildman–Crippen LogP) is 3.97. The van der Waals surface area contributed by atoms with Crippen molar-refractivity contribution in [1.82, 2.24) is 15.1 Å². The molecule has 1 aromatic carbocycles. The number of nitrogens with zero attached hydrogens (tertiary/aromatic N) is 1. The summed E-state index contributed by atoms with van der Waals surface area (Å²) in [5.41, 5.74) is 0.972. The minimum absolute atomic E-state index is 0.258. The molecule has 9 heteroatoms. The van der Waals surface area contributed by atoms with Gasteiger partial charge < -0.3 is 10.1 Å². The fraction of sp³-hybridized carbons (Fsp3) is 0.400. The second kappa shape index (κ2) is 9.22. The minimum atomic E-state index is -4.17. The number of hydrogen-bond donors (Lipinski definition) is 2. The van der Waals surface area contributed by atoms with Gasteiger partial charge in [-0.1, -0.05) is 0 Å². The van der Waals surface area contributed by atoms with E-state index in [1.807, 2.05) is 24.3 Å². The van der Waals surface area contributed by atoms with Crippen molar-refractivity contribution >= 4 is 23.1 Å². The van der Waals surface area contributed by atoms with Gasteiger partial charge in [-0.3, -0.25) is 0 Å². The van der Waals surface area contributed by atoms with Gasteiger partial charge in [0.2, 0.25) is 0 Å². The summed E-state index contributed by atoms with van der Waals surface area (Å²) in [6.45, 7) is 0.195. The van der Waals surface area contributed by atoms with E-state index in [4.69, 9.17) is 16.5 Å². The van der Waals surface area contributed by atoms with Crippen molar-refractivity contribution in [3.05, 3.63) is 35.3 Å². The highest BCUT2D eigenvalue weighted by Gasteiger charge is 2.25. The molecule has 2 aromatic rings. The molecule has 0 saturated carbocycles. The molecule has 24 heavy (non-hydrogen) atoms. The van der Waals surface area contributed by atoms with Gasteiger partial charge in [0.25, 0.3) is 0 Å². The standard InChI is InChI=1S/C15H17ClF3N3OS/c16-22-9-13-8-21-14(24-13)11-2-4-12(5-3-11)23-7-1-6-20-10-15(17,18)19/h2-5,8,20,22H,1,6-7,9-10H2. The zero-order valence-electron chi connectivity index (χ0n) is 12.7. The van der Waals surface area contributed by atoms with Crippen LogP contribution in [0, 0.1) is 0 Å². The summed E-state index contributed by atoms with van der Waals surface area (Å²) in [4.78, 5) is 7.92. The fourth-order valence-corrected chi connectivity index (χ4v) is 2.98. The summed E-state index contributed by atoms with van der Waals surface area (Å²) in [5.74, 6) is 0.675. The predicted molar refractivity (Wildman–Crippen MR) is 89.3 cm³/mol. The van der Waals surface area contributed by atoms with Crippen molar-refractivity contribution in [2.75, 3.05) is 19.7 Å². The molecular weight excluding hydrogens is 363 g/mol. The van der Waals surface area contributed by atoms with Gasteiger partial charge in [-0.15, -0.1) is 11.3 Å². The Morgan fingerprint density at radius 2 is 1.96 bits per heavy atom. The van der Waals surface area contributed by atoms with Crippen LogP contribution in [0.1, 0.15) is 11.3 Å². The quantitative estimate of drug-likeness (QED) is 0.511. The summed E-state index contributed by atoms with van der Waals surface area (Å²) in [5, 5.41) is 3.22. The summed E-state index contributed by atoms with van der Waals surface area (Å²) >= 11 is 7.01. The molecular formula is C15H17ClF3N3OS. The summed E-state index contributed by atoms with van der Waals surface area (Å²) in [7, 11) is 0. The summed E-state index contributed by atoms with van der Waals surface area (Å²) < 4.78 is 41.3. The van der Waals surface area contributed by atoms with Crippen molar-refractivity contribution in [2.45, 2.75) is 19.1 Å². The Labute approximate surface area is 147 Å². The van der Waals surface area contributed by atoms with Crippen molar-refractivity contribution < 1.29 is 17.9 Å². The number of aromatic nitrogens is 1. The molecule has 4 nitrogen and oxygen atoms in total. The SMILES string of the molecule is FC(F)(F)CNCCCOc1ccc(-c2ncc(CNCl)s2)cc1. The van der Waals surface area contributed by atoms with E-state index in [9.17, 15) is 13.2 Å². The van der Waals surface area contributed by atoms with E-state index < -0.39 is 12.7 Å². The second-order valence-corrected chi connectivity index (χ2v) is 6.34. The average Bonchev–Trinajstić information content (AvgIpc) is 2.99. The molecule has 0 saturated heterocycles. The van der Waals surface area contributed by atoms with Crippen molar-refractivity contribution in [1.29, 1.82) is 0 Å². The largest absolute Gasteiger partial charge is 0.494 e. The fourth-order valence-electron chi connectivity index (χ4n) is 1.90. The molecule has 2 rings (SSSR count). The van der Waals surface area contributed by atoms with Crippen LogP contribution in [-0.4, -0.2) is 30.9 Å². The topological polar surface area (TPSA) is 46.2 Å². The monoisotopic (exact) mass is 379 g/mol. The van der Waals surface area contributed by atoms with Crippen molar-refractivity contribution in [3.63, 3.8) is 0 Å². The highest BCUT2D eigenvalue weighted by atomic mass is 35.5. The lowest BCUT2D eigenvalue weighted by Gasteiger charge is -2.09. The van der Waals surface area contributed by atoms with Crippen LogP contribution in [0.25, 0.3) is 10.6 Å². The Morgan fingerprint density at radius 3 is 2.62 bits per heavy atom. The van der Waals surface area contributed by atoms with Crippen LogP contribution < -0.4 is 14.9 Å². The number of nitrogens with one attached hydrogen (secondary N) is 2. The molecule has 0 unspecified atom stereocenters. The molecule has 0 radical (unpaired) electrons. The van der Waals surface area contributed by atoms with Gasteiger partial charge >= 0.3 is 6.18 Å². The van der Waals surface area contributed by atoms with Crippen LogP contribution in [0.15, 0.2) is 30.5 Å². The van der Waals surface area contributed by atoms with E-state index >= 15 is 0 Å². The third-order valence-corrected chi connectivity index (χ3v) is 4.17. The number of ether oxygens (including phenoxy) is 1. The highest BCUT2D eigenvalue weighted by Crippen LogP contribution is 2.27. The molecule has 132 valence electrons. The van der Waals surface area contributed by atoms with Crippen molar-refractivity contribution in [2.24, 2.45) is 0 Å². The van der Waals surface area contributed by atoms with Gasteiger partial charge in [0.05, 0.1) is 13.2 Å². The molecule has 0 fully saturated rings. The number of hydrogen-bond acceptors (Lipinski definition) is 5. The molecule has 1 aromatic heterocycles. The van der Waals surface area contributed by atoms with Crippen LogP contribution >= 0.6 is 23.1 Å². The summed E-state index contributed by atoms with van der Waals surface area (Å²) in [6.07, 6.45) is -1.90. The van der Waals surface area contributed by atoms with Gasteiger partial charge in [-0.25, -0.2) is 9.82 Å². The minimum Gasteiger partial charge on any atom is -0.494 e. The van der Waals surface area contributed by atoms with Crippen LogP contribution in [0.2, 0.25) is 0 Å². The van der Waals surface area contributed by atoms with Gasteiger partial charge in [-0.2, -0.15) is 13.2 Å². The third kappa shape index (κ3) is 6.64. The van der Waals surface area contributed by atoms with E-state index in [0.717, 1.165) is 15.4 Å². The lowest BCUT2D eigenvalue weighted by Crippen LogP contribution is -2.30. The number of thiazole rings is 1. The molecule has 0 aliphatic carbocycles. The first-order valence-corrected chi connectivity index (χ1v) is 8.46. The van der Waals surface area contributed by atoms with E-state index in [-0.39, 0.29) is 6.54 Å². The zero-order valence-corrected chi connectivity index (χ0v) is 14.3.